The van der Waals surface area contributed by atoms with Gasteiger partial charge in [0.2, 0.25) is 0 Å². The van der Waals surface area contributed by atoms with Crippen LogP contribution in [0.2, 0.25) is 0 Å². The molecule has 1 aromatic rings. The fourth-order valence-electron chi connectivity index (χ4n) is 1.41. The maximum atomic E-state index is 11.6. The van der Waals surface area contributed by atoms with E-state index >= 15 is 0 Å². The lowest BCUT2D eigenvalue weighted by molar-refractivity contribution is 0.0958. The Balaban J connectivity index is 2.29. The van der Waals surface area contributed by atoms with Crippen molar-refractivity contribution in [3.05, 3.63) is 23.8 Å². The van der Waals surface area contributed by atoms with Crippen LogP contribution < -0.4 is 14.8 Å². The highest BCUT2D eigenvalue weighted by molar-refractivity contribution is 5.96. The largest absolute Gasteiger partial charge is 0.497 e. The molecule has 16 heavy (non-hydrogen) atoms. The Morgan fingerprint density at radius 1 is 1.44 bits per heavy atom. The number of ether oxygens (including phenoxy) is 2. The van der Waals surface area contributed by atoms with Crippen molar-refractivity contribution in [2.45, 2.75) is 18.9 Å². The molecule has 1 N–H and O–H groups in total. The van der Waals surface area contributed by atoms with Crippen LogP contribution in [0.15, 0.2) is 18.2 Å². The molecule has 0 radical (unpaired) electrons. The van der Waals surface area contributed by atoms with Crippen LogP contribution in [0.25, 0.3) is 0 Å². The average molecular weight is 221 g/mol. The van der Waals surface area contributed by atoms with Gasteiger partial charge in [-0.15, -0.1) is 0 Å². The summed E-state index contributed by atoms with van der Waals surface area (Å²) in [7, 11) is 3.20. The Labute approximate surface area is 94.6 Å². The molecule has 1 amide bonds. The fraction of sp³-hybridized carbons (Fsp3) is 0.417. The number of hydrogen-bond acceptors (Lipinski definition) is 3. The van der Waals surface area contributed by atoms with Gasteiger partial charge in [-0.05, 0) is 25.0 Å². The van der Waals surface area contributed by atoms with Gasteiger partial charge in [-0.2, -0.15) is 0 Å². The number of amides is 1. The third-order valence-electron chi connectivity index (χ3n) is 2.48. The SMILES string of the molecule is CNC(=O)c1ccc(OC)cc1OC1CC1. The quantitative estimate of drug-likeness (QED) is 0.840. The first-order valence-electron chi connectivity index (χ1n) is 5.31. The highest BCUT2D eigenvalue weighted by atomic mass is 16.5. The van der Waals surface area contributed by atoms with Gasteiger partial charge in [0.25, 0.3) is 5.91 Å². The van der Waals surface area contributed by atoms with Crippen LogP contribution in [-0.2, 0) is 0 Å². The van der Waals surface area contributed by atoms with E-state index in [0.29, 0.717) is 17.1 Å². The van der Waals surface area contributed by atoms with E-state index in [4.69, 9.17) is 9.47 Å². The zero-order valence-electron chi connectivity index (χ0n) is 9.45. The van der Waals surface area contributed by atoms with Gasteiger partial charge in [0.1, 0.15) is 11.5 Å². The van der Waals surface area contributed by atoms with E-state index in [1.165, 1.54) is 0 Å². The Morgan fingerprint density at radius 2 is 2.19 bits per heavy atom. The van der Waals surface area contributed by atoms with E-state index in [1.807, 2.05) is 0 Å². The molecule has 0 heterocycles. The predicted molar refractivity (Wildman–Crippen MR) is 60.0 cm³/mol. The first kappa shape index (κ1) is 10.8. The Hall–Kier alpha value is -1.71. The summed E-state index contributed by atoms with van der Waals surface area (Å²) < 4.78 is 10.8. The molecule has 4 heteroatoms. The monoisotopic (exact) mass is 221 g/mol. The van der Waals surface area contributed by atoms with Crippen LogP contribution in [0, 0.1) is 0 Å². The third-order valence-corrected chi connectivity index (χ3v) is 2.48. The minimum atomic E-state index is -0.140. The first-order chi connectivity index (χ1) is 7.74. The molecule has 1 aromatic carbocycles. The summed E-state index contributed by atoms with van der Waals surface area (Å²) in [6.45, 7) is 0. The van der Waals surface area contributed by atoms with Crippen molar-refractivity contribution >= 4 is 5.91 Å². The number of rotatable bonds is 4. The minimum Gasteiger partial charge on any atom is -0.497 e. The Bertz CT molecular complexity index is 399. The second-order valence-electron chi connectivity index (χ2n) is 3.76. The highest BCUT2D eigenvalue weighted by Gasteiger charge is 2.25. The summed E-state index contributed by atoms with van der Waals surface area (Å²) in [4.78, 5) is 11.6. The van der Waals surface area contributed by atoms with Crippen molar-refractivity contribution in [3.8, 4) is 11.5 Å². The maximum Gasteiger partial charge on any atom is 0.254 e. The van der Waals surface area contributed by atoms with Crippen molar-refractivity contribution in [1.29, 1.82) is 0 Å². The van der Waals surface area contributed by atoms with Crippen LogP contribution >= 0.6 is 0 Å². The van der Waals surface area contributed by atoms with Gasteiger partial charge in [0.05, 0.1) is 18.8 Å². The van der Waals surface area contributed by atoms with Gasteiger partial charge in [0.15, 0.2) is 0 Å². The van der Waals surface area contributed by atoms with E-state index in [1.54, 1.807) is 32.4 Å². The van der Waals surface area contributed by atoms with Gasteiger partial charge in [-0.3, -0.25) is 4.79 Å². The van der Waals surface area contributed by atoms with Crippen LogP contribution in [-0.4, -0.2) is 26.2 Å². The second kappa shape index (κ2) is 4.43. The van der Waals surface area contributed by atoms with E-state index in [-0.39, 0.29) is 12.0 Å². The lowest BCUT2D eigenvalue weighted by atomic mass is 10.2. The molecule has 2 rings (SSSR count). The molecule has 1 aliphatic carbocycles. The number of methoxy groups -OCH3 is 1. The molecule has 0 aromatic heterocycles. The molecule has 0 atom stereocenters. The van der Waals surface area contributed by atoms with Crippen molar-refractivity contribution in [3.63, 3.8) is 0 Å². The van der Waals surface area contributed by atoms with E-state index in [2.05, 4.69) is 5.32 Å². The molecule has 0 bridgehead atoms. The van der Waals surface area contributed by atoms with Crippen LogP contribution in [0.3, 0.4) is 0 Å². The van der Waals surface area contributed by atoms with Gasteiger partial charge in [0, 0.05) is 13.1 Å². The summed E-state index contributed by atoms with van der Waals surface area (Å²) in [5.41, 5.74) is 0.551. The summed E-state index contributed by atoms with van der Waals surface area (Å²) in [6.07, 6.45) is 2.38. The zero-order chi connectivity index (χ0) is 11.5. The molecule has 1 aliphatic rings. The topological polar surface area (TPSA) is 47.6 Å². The number of hydrogen-bond donors (Lipinski definition) is 1. The molecular formula is C12H15NO3. The average Bonchev–Trinajstić information content (AvgIpc) is 3.12. The molecule has 0 saturated heterocycles. The van der Waals surface area contributed by atoms with Crippen molar-refractivity contribution < 1.29 is 14.3 Å². The van der Waals surface area contributed by atoms with Gasteiger partial charge in [-0.1, -0.05) is 0 Å². The van der Waals surface area contributed by atoms with E-state index < -0.39 is 0 Å². The van der Waals surface area contributed by atoms with E-state index in [0.717, 1.165) is 12.8 Å². The molecule has 1 saturated carbocycles. The summed E-state index contributed by atoms with van der Waals surface area (Å²) in [5, 5.41) is 2.59. The van der Waals surface area contributed by atoms with Gasteiger partial charge < -0.3 is 14.8 Å². The second-order valence-corrected chi connectivity index (χ2v) is 3.76. The normalized spacial score (nSPS) is 14.4. The fourth-order valence-corrected chi connectivity index (χ4v) is 1.41. The third kappa shape index (κ3) is 2.27. The number of carbonyl (C=O) groups is 1. The van der Waals surface area contributed by atoms with Gasteiger partial charge >= 0.3 is 0 Å². The smallest absolute Gasteiger partial charge is 0.254 e. The molecule has 0 spiro atoms. The molecule has 4 nitrogen and oxygen atoms in total. The number of benzene rings is 1. The Morgan fingerprint density at radius 3 is 2.75 bits per heavy atom. The predicted octanol–water partition coefficient (Wildman–Crippen LogP) is 1.60. The molecule has 0 aliphatic heterocycles. The van der Waals surface area contributed by atoms with Crippen LogP contribution in [0.1, 0.15) is 23.2 Å². The van der Waals surface area contributed by atoms with Crippen LogP contribution in [0.5, 0.6) is 11.5 Å². The highest BCUT2D eigenvalue weighted by Crippen LogP contribution is 2.31. The lowest BCUT2D eigenvalue weighted by Crippen LogP contribution is -2.19. The van der Waals surface area contributed by atoms with Gasteiger partial charge in [-0.25, -0.2) is 0 Å². The van der Waals surface area contributed by atoms with Crippen molar-refractivity contribution in [2.24, 2.45) is 0 Å². The van der Waals surface area contributed by atoms with E-state index in [9.17, 15) is 4.79 Å². The molecule has 0 unspecified atom stereocenters. The minimum absolute atomic E-state index is 0.140. The molecule has 1 fully saturated rings. The van der Waals surface area contributed by atoms with Crippen LogP contribution in [0.4, 0.5) is 0 Å². The van der Waals surface area contributed by atoms with Crippen molar-refractivity contribution in [1.82, 2.24) is 5.32 Å². The van der Waals surface area contributed by atoms with Crippen molar-refractivity contribution in [2.75, 3.05) is 14.2 Å². The maximum absolute atomic E-state index is 11.6. The lowest BCUT2D eigenvalue weighted by Gasteiger charge is -2.11. The molecule has 86 valence electrons. The summed E-state index contributed by atoms with van der Waals surface area (Å²) in [5.74, 6) is 1.16. The number of carbonyl (C=O) groups excluding carboxylic acids is 1. The standard InChI is InChI=1S/C12H15NO3/c1-13-12(14)10-6-5-9(15-2)7-11(10)16-8-3-4-8/h5-8H,3-4H2,1-2H3,(H,13,14). The summed E-state index contributed by atoms with van der Waals surface area (Å²) in [6, 6.07) is 5.22. The summed E-state index contributed by atoms with van der Waals surface area (Å²) >= 11 is 0. The first-order valence-corrected chi connectivity index (χ1v) is 5.31. The number of nitrogens with one attached hydrogen (secondary N) is 1. The Kier molecular flexibility index (Phi) is 2.99. The molecular weight excluding hydrogens is 206 g/mol. The zero-order valence-corrected chi connectivity index (χ0v) is 9.45.